The van der Waals surface area contributed by atoms with E-state index < -0.39 is 74.3 Å². The van der Waals surface area contributed by atoms with Gasteiger partial charge in [-0.05, 0) is 68.7 Å². The van der Waals surface area contributed by atoms with Crippen molar-refractivity contribution in [1.82, 2.24) is 34.8 Å². The minimum Gasteiger partial charge on any atom is -0.497 e. The second kappa shape index (κ2) is 21.4. The maximum absolute atomic E-state index is 14.1. The van der Waals surface area contributed by atoms with Gasteiger partial charge >= 0.3 is 26.0 Å². The minimum absolute atomic E-state index is 0.0873. The Morgan fingerprint density at radius 3 is 2.06 bits per heavy atom. The summed E-state index contributed by atoms with van der Waals surface area (Å²) in [5, 5.41) is 19.9. The highest BCUT2D eigenvalue weighted by Gasteiger charge is 2.51. The average molecular weight is 939 g/mol. The summed E-state index contributed by atoms with van der Waals surface area (Å²) in [6.07, 6.45) is -6.96. The normalized spacial score (nSPS) is 18.6. The fraction of sp³-hybridized carbons (Fsp3) is 0.409. The predicted molar refractivity (Wildman–Crippen MR) is 232 cm³/mol. The topological polar surface area (TPSA) is 214 Å². The molecule has 4 unspecified atom stereocenters. The van der Waals surface area contributed by atoms with Gasteiger partial charge in [-0.1, -0.05) is 59.8 Å². The number of amides is 1. The van der Waals surface area contributed by atoms with Crippen LogP contribution in [-0.2, 0) is 40.0 Å². The quantitative estimate of drug-likeness (QED) is 0.0752. The summed E-state index contributed by atoms with van der Waals surface area (Å²) in [6, 6.07) is 24.6. The lowest BCUT2D eigenvalue weighted by Crippen LogP contribution is -2.46. The first-order valence-electron chi connectivity index (χ1n) is 20.7. The van der Waals surface area contributed by atoms with Crippen LogP contribution in [0.2, 0.25) is 0 Å². The third-order valence-corrected chi connectivity index (χ3v) is 11.8. The number of halogens is 3. The predicted octanol–water partition coefficient (Wildman–Crippen LogP) is 5.27. The van der Waals surface area contributed by atoms with Crippen LogP contribution in [0.1, 0.15) is 62.3 Å². The fourth-order valence-electron chi connectivity index (χ4n) is 8.03. The van der Waals surface area contributed by atoms with E-state index in [0.29, 0.717) is 28.2 Å². The summed E-state index contributed by atoms with van der Waals surface area (Å²) in [6.45, 7) is 6.21. The molecule has 1 amide bonds. The number of methoxy groups -OCH3 is 2. The SMILES string of the molecule is COc1ccc(C(OC[C@@H]2O[C@H](n3ccc(=O)[nH]c3=O)C(n3cc(CNC(=O)C(F)(F)F)nn3)C2O[PH](=O)OCC(C#N)N(C(C)C)C(C)C)(c2ccccc2)c2ccc(OC)cc2)cc1. The number of aromatic nitrogens is 5. The van der Waals surface area contributed by atoms with Crippen molar-refractivity contribution in [3.63, 3.8) is 0 Å². The molecule has 352 valence electrons. The zero-order valence-electron chi connectivity index (χ0n) is 36.8. The van der Waals surface area contributed by atoms with Gasteiger partial charge in [0.25, 0.3) is 5.56 Å². The van der Waals surface area contributed by atoms with Crippen molar-refractivity contribution in [2.45, 2.75) is 88.6 Å². The molecule has 0 aliphatic carbocycles. The molecule has 66 heavy (non-hydrogen) atoms. The Morgan fingerprint density at radius 2 is 1.53 bits per heavy atom. The number of carbonyl (C=O) groups is 1. The molecule has 3 aromatic carbocycles. The first-order chi connectivity index (χ1) is 31.5. The molecule has 0 saturated carbocycles. The van der Waals surface area contributed by atoms with Gasteiger partial charge in [-0.15, -0.1) is 5.10 Å². The van der Waals surface area contributed by atoms with E-state index in [4.69, 9.17) is 28.0 Å². The summed E-state index contributed by atoms with van der Waals surface area (Å²) in [7, 11) is -0.515. The molecule has 0 radical (unpaired) electrons. The van der Waals surface area contributed by atoms with Crippen molar-refractivity contribution >= 4 is 14.2 Å². The third-order valence-electron chi connectivity index (χ3n) is 10.9. The van der Waals surface area contributed by atoms with Gasteiger partial charge in [-0.2, -0.15) is 18.4 Å². The monoisotopic (exact) mass is 938 g/mol. The Labute approximate surface area is 378 Å². The van der Waals surface area contributed by atoms with E-state index in [2.05, 4.69) is 21.4 Å². The molecule has 2 N–H and O–H groups in total. The van der Waals surface area contributed by atoms with E-state index in [1.807, 2.05) is 87.2 Å². The molecule has 3 heterocycles. The highest BCUT2D eigenvalue weighted by Crippen LogP contribution is 2.47. The van der Waals surface area contributed by atoms with Crippen LogP contribution in [0.25, 0.3) is 0 Å². The first kappa shape index (κ1) is 49.3. The molecular formula is C44H50F3N8O10P. The van der Waals surface area contributed by atoms with Gasteiger partial charge < -0.3 is 33.3 Å². The Bertz CT molecular complexity index is 2530. The number of alkyl halides is 3. The molecule has 1 aliphatic rings. The van der Waals surface area contributed by atoms with Crippen molar-refractivity contribution in [3.8, 4) is 17.6 Å². The van der Waals surface area contributed by atoms with Crippen LogP contribution in [0.15, 0.2) is 107 Å². The van der Waals surface area contributed by atoms with Crippen LogP contribution < -0.4 is 26.0 Å². The van der Waals surface area contributed by atoms with Gasteiger partial charge in [0.05, 0.1) is 46.2 Å². The van der Waals surface area contributed by atoms with E-state index >= 15 is 0 Å². The number of hydrogen-bond donors (Lipinski definition) is 2. The van der Waals surface area contributed by atoms with Crippen molar-refractivity contribution < 1.29 is 50.5 Å². The lowest BCUT2D eigenvalue weighted by atomic mass is 9.80. The second-order valence-corrected chi connectivity index (χ2v) is 16.7. The molecule has 1 saturated heterocycles. The highest BCUT2D eigenvalue weighted by molar-refractivity contribution is 7.33. The third kappa shape index (κ3) is 11.1. The standard InChI is InChI=1S/C44H50F3N8O10P/c1-27(2)55(28(3)4)33(22-48)25-63-66(59)65-39-36(64-40(53-21-20-37(56)50-42(53)58)38(39)54-24-32(51-52-54)23-49-41(57)44(45,46)47)26-62-43(29-10-8-7-9-11-29,30-12-16-34(60-5)17-13-30)31-14-18-35(61-6)19-15-31/h7-21,24,27-28,33,36,38-40,66H,23,25-26H2,1-6H3,(H,49,57)(H,50,56,58)/t33?,36-,38?,39?,40-/m0/s1. The summed E-state index contributed by atoms with van der Waals surface area (Å²) in [5.41, 5.74) is -1.26. The molecule has 1 aliphatic heterocycles. The van der Waals surface area contributed by atoms with E-state index in [1.54, 1.807) is 29.6 Å². The Balaban J connectivity index is 1.47. The number of ether oxygens (including phenoxy) is 4. The van der Waals surface area contributed by atoms with Crippen LogP contribution in [0.4, 0.5) is 13.2 Å². The summed E-state index contributed by atoms with van der Waals surface area (Å²) in [4.78, 5) is 41.5. The molecule has 0 spiro atoms. The van der Waals surface area contributed by atoms with Gasteiger partial charge in [0, 0.05) is 24.3 Å². The van der Waals surface area contributed by atoms with Crippen LogP contribution in [0, 0.1) is 11.3 Å². The lowest BCUT2D eigenvalue weighted by Gasteiger charge is -2.37. The number of nitrogens with one attached hydrogen (secondary N) is 2. The smallest absolute Gasteiger partial charge is 0.471 e. The number of aromatic amines is 1. The molecule has 2 aromatic heterocycles. The van der Waals surface area contributed by atoms with Crippen molar-refractivity contribution in [3.05, 3.63) is 141 Å². The maximum Gasteiger partial charge on any atom is 0.471 e. The van der Waals surface area contributed by atoms with E-state index in [-0.39, 0.29) is 31.0 Å². The molecule has 5 aromatic rings. The Morgan fingerprint density at radius 1 is 0.939 bits per heavy atom. The number of benzene rings is 3. The van der Waals surface area contributed by atoms with Gasteiger partial charge in [-0.3, -0.25) is 28.6 Å². The van der Waals surface area contributed by atoms with Crippen LogP contribution >= 0.6 is 8.25 Å². The highest BCUT2D eigenvalue weighted by atomic mass is 31.1. The van der Waals surface area contributed by atoms with Crippen LogP contribution in [0.5, 0.6) is 11.5 Å². The molecule has 1 fully saturated rings. The lowest BCUT2D eigenvalue weighted by molar-refractivity contribution is -0.173. The van der Waals surface area contributed by atoms with Gasteiger partial charge in [0.15, 0.2) is 6.23 Å². The summed E-state index contributed by atoms with van der Waals surface area (Å²) in [5.74, 6) is -1.08. The fourth-order valence-corrected chi connectivity index (χ4v) is 8.90. The summed E-state index contributed by atoms with van der Waals surface area (Å²) >= 11 is 0. The van der Waals surface area contributed by atoms with E-state index in [0.717, 1.165) is 21.5 Å². The number of nitriles is 1. The van der Waals surface area contributed by atoms with Gasteiger partial charge in [0.1, 0.15) is 47.1 Å². The Hall–Kier alpha value is -6.14. The number of H-pyrrole nitrogens is 1. The molecule has 18 nitrogen and oxygen atoms in total. The average Bonchev–Trinajstić information content (AvgIpc) is 3.91. The first-order valence-corrected chi connectivity index (χ1v) is 21.9. The maximum atomic E-state index is 14.1. The minimum atomic E-state index is -5.18. The van der Waals surface area contributed by atoms with Crippen LogP contribution in [-0.4, -0.2) is 99.3 Å². The zero-order valence-corrected chi connectivity index (χ0v) is 37.8. The van der Waals surface area contributed by atoms with E-state index in [1.165, 1.54) is 20.4 Å². The van der Waals surface area contributed by atoms with Crippen molar-refractivity contribution in [1.29, 1.82) is 5.26 Å². The number of rotatable bonds is 20. The number of nitrogens with zero attached hydrogens (tertiary/aromatic N) is 6. The number of carbonyl (C=O) groups excluding carboxylic acids is 1. The van der Waals surface area contributed by atoms with Crippen molar-refractivity contribution in [2.24, 2.45) is 0 Å². The molecule has 22 heteroatoms. The largest absolute Gasteiger partial charge is 0.497 e. The molecule has 6 atom stereocenters. The van der Waals surface area contributed by atoms with Gasteiger partial charge in [-0.25, -0.2) is 9.48 Å². The van der Waals surface area contributed by atoms with Crippen LogP contribution in [0.3, 0.4) is 0 Å². The molecule has 6 rings (SSSR count). The second-order valence-electron chi connectivity index (χ2n) is 15.7. The summed E-state index contributed by atoms with van der Waals surface area (Å²) < 4.78 is 92.3. The Kier molecular flexibility index (Phi) is 16.0. The number of hydrogen-bond acceptors (Lipinski definition) is 14. The molecule has 0 bridgehead atoms. The zero-order chi connectivity index (χ0) is 47.8. The van der Waals surface area contributed by atoms with Crippen molar-refractivity contribution in [2.75, 3.05) is 27.4 Å². The van der Waals surface area contributed by atoms with E-state index in [9.17, 15) is 37.4 Å². The molecular weight excluding hydrogens is 888 g/mol. The van der Waals surface area contributed by atoms with Gasteiger partial charge in [0.2, 0.25) is 0 Å².